The number of thioether (sulfide) groups is 1. The molecule has 2 heterocycles. The fraction of sp³-hybridized carbons (Fsp3) is 0.250. The Labute approximate surface area is 214 Å². The maximum absolute atomic E-state index is 13.6. The summed E-state index contributed by atoms with van der Waals surface area (Å²) < 4.78 is 5.33. The quantitative estimate of drug-likeness (QED) is 0.499. The summed E-state index contributed by atoms with van der Waals surface area (Å²) in [4.78, 5) is 42.0. The zero-order valence-electron chi connectivity index (χ0n) is 20.1. The molecule has 2 atom stereocenters. The number of fused-ring (bicyclic) bond motifs is 2. The van der Waals surface area contributed by atoms with Crippen molar-refractivity contribution in [1.82, 2.24) is 10.2 Å². The van der Waals surface area contributed by atoms with Crippen LogP contribution in [0.4, 0.5) is 5.69 Å². The van der Waals surface area contributed by atoms with Gasteiger partial charge in [0.1, 0.15) is 11.8 Å². The first-order valence-corrected chi connectivity index (χ1v) is 13.0. The van der Waals surface area contributed by atoms with Gasteiger partial charge in [-0.05, 0) is 54.1 Å². The highest BCUT2D eigenvalue weighted by Crippen LogP contribution is 2.33. The molecule has 1 fully saturated rings. The zero-order chi connectivity index (χ0) is 25.2. The molecule has 0 aliphatic carbocycles. The summed E-state index contributed by atoms with van der Waals surface area (Å²) in [5.41, 5.74) is 3.66. The number of hydrogen-bond acceptors (Lipinski definition) is 5. The monoisotopic (exact) mass is 501 g/mol. The average molecular weight is 502 g/mol. The van der Waals surface area contributed by atoms with Gasteiger partial charge in [-0.15, -0.1) is 11.8 Å². The summed E-state index contributed by atoms with van der Waals surface area (Å²) in [6.45, 7) is 0.278. The van der Waals surface area contributed by atoms with Crippen molar-refractivity contribution < 1.29 is 19.1 Å². The number of nitrogens with zero attached hydrogens (tertiary/aromatic N) is 1. The first-order chi connectivity index (χ1) is 17.5. The standard InChI is InChI=1S/C28H27N3O4S/c1-35-25-6-4-3-5-19(25)14-26(32)29-20-15-24-27(33)30-23-12-9-18(13-22(23)28(34)31(24)16-20)17-7-10-21(36-2)11-8-17/h3-13,20,24H,14-16H2,1-2H3,(H,29,32)(H,30,33). The van der Waals surface area contributed by atoms with Crippen molar-refractivity contribution in [2.24, 2.45) is 0 Å². The van der Waals surface area contributed by atoms with Crippen LogP contribution in [0, 0.1) is 0 Å². The molecule has 36 heavy (non-hydrogen) atoms. The van der Waals surface area contributed by atoms with Gasteiger partial charge >= 0.3 is 0 Å². The normalized spacial score (nSPS) is 18.7. The fourth-order valence-electron chi connectivity index (χ4n) is 4.88. The Morgan fingerprint density at radius 1 is 1.08 bits per heavy atom. The Kier molecular flexibility index (Phi) is 6.69. The molecule has 3 aromatic carbocycles. The lowest BCUT2D eigenvalue weighted by atomic mass is 10.0. The molecule has 2 unspecified atom stereocenters. The number of amides is 3. The molecule has 8 heteroatoms. The van der Waals surface area contributed by atoms with E-state index in [2.05, 4.69) is 10.6 Å². The van der Waals surface area contributed by atoms with E-state index in [1.165, 1.54) is 0 Å². The lowest BCUT2D eigenvalue weighted by Gasteiger charge is -2.20. The number of carbonyl (C=O) groups excluding carboxylic acids is 3. The molecule has 2 N–H and O–H groups in total. The maximum atomic E-state index is 13.6. The molecule has 0 spiro atoms. The smallest absolute Gasteiger partial charge is 0.256 e. The van der Waals surface area contributed by atoms with Crippen molar-refractivity contribution >= 4 is 35.2 Å². The topological polar surface area (TPSA) is 87.7 Å². The second-order valence-corrected chi connectivity index (χ2v) is 9.82. The minimum atomic E-state index is -0.634. The van der Waals surface area contributed by atoms with Crippen molar-refractivity contribution in [3.63, 3.8) is 0 Å². The number of methoxy groups -OCH3 is 1. The van der Waals surface area contributed by atoms with Crippen LogP contribution in [0.3, 0.4) is 0 Å². The maximum Gasteiger partial charge on any atom is 0.256 e. The summed E-state index contributed by atoms with van der Waals surface area (Å²) >= 11 is 1.67. The summed E-state index contributed by atoms with van der Waals surface area (Å²) in [5, 5.41) is 5.91. The van der Waals surface area contributed by atoms with E-state index in [1.807, 2.05) is 66.9 Å². The molecular weight excluding hydrogens is 474 g/mol. The molecule has 0 saturated carbocycles. The lowest BCUT2D eigenvalue weighted by molar-refractivity contribution is -0.121. The van der Waals surface area contributed by atoms with E-state index in [9.17, 15) is 14.4 Å². The third-order valence-electron chi connectivity index (χ3n) is 6.70. The second-order valence-electron chi connectivity index (χ2n) is 8.94. The Morgan fingerprint density at radius 3 is 2.58 bits per heavy atom. The molecule has 7 nitrogen and oxygen atoms in total. The van der Waals surface area contributed by atoms with Gasteiger partial charge in [-0.25, -0.2) is 0 Å². The van der Waals surface area contributed by atoms with Crippen LogP contribution in [0.5, 0.6) is 5.75 Å². The number of nitrogens with one attached hydrogen (secondary N) is 2. The van der Waals surface area contributed by atoms with Crippen LogP contribution >= 0.6 is 11.8 Å². The molecule has 2 aliphatic heterocycles. The van der Waals surface area contributed by atoms with E-state index in [1.54, 1.807) is 29.8 Å². The van der Waals surface area contributed by atoms with Crippen molar-refractivity contribution in [2.45, 2.75) is 29.8 Å². The van der Waals surface area contributed by atoms with Crippen molar-refractivity contribution in [2.75, 3.05) is 25.2 Å². The Hall–Kier alpha value is -3.78. The fourth-order valence-corrected chi connectivity index (χ4v) is 5.29. The van der Waals surface area contributed by atoms with Crippen LogP contribution in [0.1, 0.15) is 22.3 Å². The number of hydrogen-bond donors (Lipinski definition) is 2. The minimum absolute atomic E-state index is 0.160. The van der Waals surface area contributed by atoms with Crippen LogP contribution in [0.15, 0.2) is 71.6 Å². The first-order valence-electron chi connectivity index (χ1n) is 11.8. The largest absolute Gasteiger partial charge is 0.496 e. The zero-order valence-corrected chi connectivity index (χ0v) is 20.9. The van der Waals surface area contributed by atoms with E-state index in [0.29, 0.717) is 23.4 Å². The minimum Gasteiger partial charge on any atom is -0.496 e. The van der Waals surface area contributed by atoms with Crippen LogP contribution in [0.2, 0.25) is 0 Å². The highest BCUT2D eigenvalue weighted by Gasteiger charge is 2.43. The summed E-state index contributed by atoms with van der Waals surface area (Å²) in [6, 6.07) is 20.1. The van der Waals surface area contributed by atoms with E-state index in [-0.39, 0.29) is 36.7 Å². The molecule has 184 valence electrons. The summed E-state index contributed by atoms with van der Waals surface area (Å²) in [7, 11) is 1.57. The second kappa shape index (κ2) is 10.1. The van der Waals surface area contributed by atoms with Gasteiger partial charge in [0, 0.05) is 23.0 Å². The van der Waals surface area contributed by atoms with Gasteiger partial charge in [-0.2, -0.15) is 0 Å². The third-order valence-corrected chi connectivity index (χ3v) is 7.45. The molecule has 1 saturated heterocycles. The van der Waals surface area contributed by atoms with E-state index >= 15 is 0 Å². The van der Waals surface area contributed by atoms with Gasteiger partial charge in [0.05, 0.1) is 24.8 Å². The van der Waals surface area contributed by atoms with Crippen LogP contribution in [0.25, 0.3) is 11.1 Å². The highest BCUT2D eigenvalue weighted by molar-refractivity contribution is 7.98. The molecule has 2 aliphatic rings. The van der Waals surface area contributed by atoms with Crippen LogP contribution in [-0.2, 0) is 16.0 Å². The summed E-state index contributed by atoms with van der Waals surface area (Å²) in [5.74, 6) is 0.0301. The molecule has 0 radical (unpaired) electrons. The lowest BCUT2D eigenvalue weighted by Crippen LogP contribution is -2.41. The molecular formula is C28H27N3O4S. The number of benzene rings is 3. The predicted octanol–water partition coefficient (Wildman–Crippen LogP) is 3.98. The van der Waals surface area contributed by atoms with Gasteiger partial charge in [0.25, 0.3) is 5.91 Å². The van der Waals surface area contributed by atoms with Crippen molar-refractivity contribution in [1.29, 1.82) is 0 Å². The number of anilines is 1. The van der Waals surface area contributed by atoms with Gasteiger partial charge in [0.15, 0.2) is 0 Å². The van der Waals surface area contributed by atoms with Gasteiger partial charge in [-0.3, -0.25) is 14.4 Å². The van der Waals surface area contributed by atoms with E-state index in [4.69, 9.17) is 4.74 Å². The van der Waals surface area contributed by atoms with Crippen LogP contribution < -0.4 is 15.4 Å². The number of rotatable bonds is 6. The van der Waals surface area contributed by atoms with Gasteiger partial charge in [-0.1, -0.05) is 36.4 Å². The summed E-state index contributed by atoms with van der Waals surface area (Å²) in [6.07, 6.45) is 2.55. The Morgan fingerprint density at radius 2 is 1.83 bits per heavy atom. The predicted molar refractivity (Wildman–Crippen MR) is 140 cm³/mol. The molecule has 3 aromatic rings. The first kappa shape index (κ1) is 23.9. The third kappa shape index (κ3) is 4.68. The van der Waals surface area contributed by atoms with Crippen molar-refractivity contribution in [3.05, 3.63) is 77.9 Å². The van der Waals surface area contributed by atoms with Gasteiger partial charge in [0.2, 0.25) is 11.8 Å². The number of para-hydroxylation sites is 1. The van der Waals surface area contributed by atoms with Gasteiger partial charge < -0.3 is 20.3 Å². The Bertz CT molecular complexity index is 1320. The van der Waals surface area contributed by atoms with Crippen molar-refractivity contribution in [3.8, 4) is 16.9 Å². The highest BCUT2D eigenvalue weighted by atomic mass is 32.2. The Balaban J connectivity index is 1.33. The molecule has 5 rings (SSSR count). The average Bonchev–Trinajstić information content (AvgIpc) is 3.29. The number of ether oxygens (including phenoxy) is 1. The van der Waals surface area contributed by atoms with E-state index < -0.39 is 6.04 Å². The molecule has 0 bridgehead atoms. The molecule has 3 amide bonds. The SMILES string of the molecule is COc1ccccc1CC(=O)NC1CC2C(=O)Nc3ccc(-c4ccc(SC)cc4)cc3C(=O)N2C1. The number of carbonyl (C=O) groups is 3. The van der Waals surface area contributed by atoms with Crippen LogP contribution in [-0.4, -0.2) is 54.6 Å². The molecule has 0 aromatic heterocycles. The van der Waals surface area contributed by atoms with E-state index in [0.717, 1.165) is 21.6 Å².